The molecule has 3 heterocycles. The Morgan fingerprint density at radius 2 is 1.32 bits per heavy atom. The predicted octanol–water partition coefficient (Wildman–Crippen LogP) is 2.33. The molecular weight excluding hydrogens is 818 g/mol. The van der Waals surface area contributed by atoms with Crippen LogP contribution in [0.5, 0.6) is 0 Å². The molecule has 3 fully saturated rings. The molecule has 4 aliphatic rings. The largest absolute Gasteiger partial charge is 0.465 e. The van der Waals surface area contributed by atoms with E-state index < -0.39 is 138 Å². The summed E-state index contributed by atoms with van der Waals surface area (Å²) in [5.74, 6) is -11.8. The Balaban J connectivity index is 1.81. The quantitative estimate of drug-likeness (QED) is 0.295. The van der Waals surface area contributed by atoms with Gasteiger partial charge in [0.15, 0.2) is 30.0 Å². The Hall–Kier alpha value is -5.95. The number of pyridine rings is 1. The van der Waals surface area contributed by atoms with Crippen molar-refractivity contribution in [2.45, 2.75) is 122 Å². The lowest BCUT2D eigenvalue weighted by Crippen LogP contribution is -2.89. The molecule has 1 aromatic heterocycles. The Morgan fingerprint density at radius 1 is 0.742 bits per heavy atom. The van der Waals surface area contributed by atoms with Crippen LogP contribution in [0.25, 0.3) is 0 Å². The van der Waals surface area contributed by atoms with Crippen LogP contribution in [-0.4, -0.2) is 124 Å². The van der Waals surface area contributed by atoms with Crippen molar-refractivity contribution in [3.8, 4) is 0 Å². The molecule has 2 aliphatic carbocycles. The van der Waals surface area contributed by atoms with Gasteiger partial charge in [0.2, 0.25) is 0 Å². The number of carbonyl (C=O) groups excluding carboxylic acids is 8. The molecule has 0 amide bonds. The average Bonchev–Trinajstić information content (AvgIpc) is 3.42. The highest BCUT2D eigenvalue weighted by molar-refractivity contribution is 5.91. The van der Waals surface area contributed by atoms with Gasteiger partial charge in [0.1, 0.15) is 42.0 Å². The number of cyclic esters (lactones) is 1. The minimum absolute atomic E-state index is 0.0487. The van der Waals surface area contributed by atoms with Crippen LogP contribution < -0.4 is 0 Å². The van der Waals surface area contributed by atoms with Crippen molar-refractivity contribution in [1.82, 2.24) is 4.98 Å². The zero-order valence-electron chi connectivity index (χ0n) is 35.6. The molecule has 0 radical (unpaired) electrons. The average molecular weight is 868 g/mol. The number of ether oxygens (including phenoxy) is 9. The second kappa shape index (κ2) is 16.7. The third kappa shape index (κ3) is 7.43. The van der Waals surface area contributed by atoms with Crippen molar-refractivity contribution < 1.29 is 86.1 Å². The molecule has 2 saturated carbocycles. The number of benzene rings is 1. The minimum atomic E-state index is -2.86. The van der Waals surface area contributed by atoms with E-state index in [2.05, 4.69) is 4.98 Å². The number of aliphatic hydroxyl groups is 1. The van der Waals surface area contributed by atoms with Crippen LogP contribution in [0.3, 0.4) is 0 Å². The van der Waals surface area contributed by atoms with Gasteiger partial charge in [-0.25, -0.2) is 9.59 Å². The standard InChI is InChI=1S/C43H49NO18/c1-20-21(2)37(50)60-34-32(57-24(5)47)36(61-38(51)27-14-11-10-12-15-27)42(19-54-22(3)45)35(59-26(7)49)31(56-23(4)46)29-33(58-25(6)48)43(42,41(34,9)53)62-40(29,8)18-55-39(52)28-16-13-17-44-30(20)28/h10-17,20-21,29,31-36,53H,18-19H2,1-9H3/t20-,21+,29+,31+,32-,33+,34-,35+,36-,40-,41-,42+,43-/m1/s1. The zero-order valence-corrected chi connectivity index (χ0v) is 35.6. The summed E-state index contributed by atoms with van der Waals surface area (Å²) >= 11 is 0. The van der Waals surface area contributed by atoms with Crippen LogP contribution in [-0.2, 0) is 71.4 Å². The van der Waals surface area contributed by atoms with Gasteiger partial charge in [-0.05, 0) is 38.1 Å². The minimum Gasteiger partial charge on any atom is -0.465 e. The van der Waals surface area contributed by atoms with Crippen LogP contribution in [0.15, 0.2) is 48.7 Å². The molecule has 6 rings (SSSR count). The van der Waals surface area contributed by atoms with Gasteiger partial charge in [0.05, 0.1) is 28.7 Å². The van der Waals surface area contributed by atoms with Crippen molar-refractivity contribution in [1.29, 1.82) is 0 Å². The fraction of sp³-hybridized carbons (Fsp3) is 0.558. The van der Waals surface area contributed by atoms with E-state index >= 15 is 0 Å². The Morgan fingerprint density at radius 3 is 1.92 bits per heavy atom. The van der Waals surface area contributed by atoms with E-state index in [-0.39, 0.29) is 16.8 Å². The van der Waals surface area contributed by atoms with E-state index in [1.807, 2.05) is 0 Å². The normalized spacial score (nSPS) is 36.0. The fourth-order valence-electron chi connectivity index (χ4n) is 9.83. The number of hydrogen-bond acceptors (Lipinski definition) is 19. The van der Waals surface area contributed by atoms with Gasteiger partial charge in [-0.1, -0.05) is 32.0 Å². The van der Waals surface area contributed by atoms with Crippen LogP contribution in [0.1, 0.15) is 94.6 Å². The first kappa shape index (κ1) is 45.6. The van der Waals surface area contributed by atoms with Crippen LogP contribution in [0, 0.1) is 17.3 Å². The second-order valence-electron chi connectivity index (χ2n) is 16.5. The van der Waals surface area contributed by atoms with E-state index in [0.29, 0.717) is 0 Å². The summed E-state index contributed by atoms with van der Waals surface area (Å²) in [6.07, 6.45) is -10.8. The Bertz CT molecular complexity index is 2160. The maximum Gasteiger partial charge on any atom is 0.340 e. The number of hydrogen-bond donors (Lipinski definition) is 1. The van der Waals surface area contributed by atoms with Crippen LogP contribution in [0.4, 0.5) is 0 Å². The highest BCUT2D eigenvalue weighted by Crippen LogP contribution is 2.70. The van der Waals surface area contributed by atoms with E-state index in [1.54, 1.807) is 13.0 Å². The molecule has 1 N–H and O–H groups in total. The Labute approximate surface area is 355 Å². The lowest BCUT2D eigenvalue weighted by molar-refractivity contribution is -0.385. The Kier molecular flexibility index (Phi) is 12.3. The lowest BCUT2D eigenvalue weighted by Gasteiger charge is -2.67. The summed E-state index contributed by atoms with van der Waals surface area (Å²) in [6.45, 7) is 8.69. The van der Waals surface area contributed by atoms with E-state index in [0.717, 1.165) is 41.5 Å². The van der Waals surface area contributed by atoms with Crippen LogP contribution >= 0.6 is 0 Å². The highest BCUT2D eigenvalue weighted by atomic mass is 16.7. The van der Waals surface area contributed by atoms with Gasteiger partial charge in [-0.3, -0.25) is 33.8 Å². The van der Waals surface area contributed by atoms with Crippen molar-refractivity contribution in [2.24, 2.45) is 17.3 Å². The number of rotatable bonds is 8. The summed E-state index contributed by atoms with van der Waals surface area (Å²) < 4.78 is 55.5. The molecule has 1 saturated heterocycles. The van der Waals surface area contributed by atoms with E-state index in [9.17, 15) is 43.5 Å². The van der Waals surface area contributed by atoms with Gasteiger partial charge in [0, 0.05) is 46.7 Å². The fourth-order valence-corrected chi connectivity index (χ4v) is 9.83. The molecule has 13 atom stereocenters. The first-order valence-corrected chi connectivity index (χ1v) is 19.9. The van der Waals surface area contributed by atoms with Crippen LogP contribution in [0.2, 0.25) is 0 Å². The smallest absolute Gasteiger partial charge is 0.340 e. The van der Waals surface area contributed by atoms with Crippen molar-refractivity contribution >= 4 is 47.8 Å². The van der Waals surface area contributed by atoms with Crippen molar-refractivity contribution in [2.75, 3.05) is 13.2 Å². The number of nitrogens with zero attached hydrogens (tertiary/aromatic N) is 1. The molecule has 0 unspecified atom stereocenters. The van der Waals surface area contributed by atoms with E-state index in [1.165, 1.54) is 56.4 Å². The number of esters is 8. The van der Waals surface area contributed by atoms with Gasteiger partial charge in [-0.2, -0.15) is 0 Å². The maximum absolute atomic E-state index is 14.6. The zero-order chi connectivity index (χ0) is 45.7. The second-order valence-corrected chi connectivity index (χ2v) is 16.5. The summed E-state index contributed by atoms with van der Waals surface area (Å²) in [7, 11) is 0. The summed E-state index contributed by atoms with van der Waals surface area (Å²) in [4.78, 5) is 114. The predicted molar refractivity (Wildman–Crippen MR) is 205 cm³/mol. The van der Waals surface area contributed by atoms with Gasteiger partial charge in [0.25, 0.3) is 0 Å². The van der Waals surface area contributed by atoms with Gasteiger partial charge in [-0.15, -0.1) is 0 Å². The molecule has 334 valence electrons. The van der Waals surface area contributed by atoms with Gasteiger partial charge >= 0.3 is 47.8 Å². The summed E-state index contributed by atoms with van der Waals surface area (Å²) in [5.41, 5.74) is -10.4. The SMILES string of the molecule is CC(=O)OC[C@]12[C@H](OC(=O)c3ccccc3)[C@H](OC(C)=O)[C@H]3OC(=O)[C@@H](C)[C@@H](C)c4ncccc4C(=O)OC[C@@]4(C)O[C@]1([C@@H](OC(C)=O)[C@@H]4[C@H](OC(C)=O)[C@@H]2OC(C)=O)[C@]3(C)O. The third-order valence-electron chi connectivity index (χ3n) is 12.4. The summed E-state index contributed by atoms with van der Waals surface area (Å²) in [6, 6.07) is 10.3. The molecule has 4 bridgehead atoms. The number of fused-ring (bicyclic) bond motifs is 5. The third-order valence-corrected chi connectivity index (χ3v) is 12.4. The molecule has 2 aliphatic heterocycles. The first-order valence-electron chi connectivity index (χ1n) is 19.9. The molecule has 2 aromatic rings. The molecule has 1 aromatic carbocycles. The monoisotopic (exact) mass is 867 g/mol. The topological polar surface area (TPSA) is 253 Å². The molecule has 19 heteroatoms. The van der Waals surface area contributed by atoms with Gasteiger partial charge < -0.3 is 47.7 Å². The van der Waals surface area contributed by atoms with Crippen molar-refractivity contribution in [3.63, 3.8) is 0 Å². The first-order chi connectivity index (χ1) is 29.0. The maximum atomic E-state index is 14.6. The molecular formula is C43H49NO18. The number of aromatic nitrogens is 1. The summed E-state index contributed by atoms with van der Waals surface area (Å²) in [5, 5.41) is 13.6. The highest BCUT2D eigenvalue weighted by Gasteiger charge is 2.92. The molecule has 1 spiro atoms. The molecule has 19 nitrogen and oxygen atoms in total. The molecule has 62 heavy (non-hydrogen) atoms. The number of carbonyl (C=O) groups is 8. The van der Waals surface area contributed by atoms with E-state index in [4.69, 9.17) is 42.6 Å². The lowest BCUT2D eigenvalue weighted by atomic mass is 9.45. The van der Waals surface area contributed by atoms with Crippen molar-refractivity contribution in [3.05, 3.63) is 65.5 Å².